The molecule has 0 bridgehead atoms. The van der Waals surface area contributed by atoms with Gasteiger partial charge in [0.2, 0.25) is 0 Å². The normalized spacial score (nSPS) is 17.2. The van der Waals surface area contributed by atoms with Gasteiger partial charge in [-0.15, -0.1) is 0 Å². The van der Waals surface area contributed by atoms with Gasteiger partial charge < -0.3 is 24.7 Å². The number of carboxylic acid groups (broad SMARTS) is 1. The van der Waals surface area contributed by atoms with Crippen LogP contribution in [0, 0.1) is 0 Å². The Kier molecular flexibility index (Phi) is 6.32. The van der Waals surface area contributed by atoms with Gasteiger partial charge >= 0.3 is 5.97 Å². The smallest absolute Gasteiger partial charge is 0.345 e. The van der Waals surface area contributed by atoms with E-state index in [4.69, 9.17) is 0 Å². The van der Waals surface area contributed by atoms with Gasteiger partial charge in [-0.25, -0.2) is 4.79 Å². The van der Waals surface area contributed by atoms with Crippen molar-refractivity contribution in [1.29, 1.82) is 0 Å². The Morgan fingerprint density at radius 2 is 2.03 bits per heavy atom. The predicted octanol–water partition coefficient (Wildman–Crippen LogP) is 3.03. The maximum Gasteiger partial charge on any atom is 0.345 e. The average molecular weight is 453 g/mol. The number of piperidine rings is 1. The maximum atomic E-state index is 12.4. The van der Waals surface area contributed by atoms with Gasteiger partial charge in [-0.2, -0.15) is 0 Å². The SMILES string of the molecule is CCc1c(-c2ccc3c(c2)cc(CN2CCCC(N(C)C)C2)n3C)[nH]c(=O)c(C(=O)O)c1O. The van der Waals surface area contributed by atoms with E-state index in [0.29, 0.717) is 23.7 Å². The highest BCUT2D eigenvalue weighted by Gasteiger charge is 2.24. The van der Waals surface area contributed by atoms with E-state index in [9.17, 15) is 19.8 Å². The van der Waals surface area contributed by atoms with Crippen LogP contribution in [0.1, 0.15) is 41.4 Å². The highest BCUT2D eigenvalue weighted by Crippen LogP contribution is 2.32. The molecule has 33 heavy (non-hydrogen) atoms. The molecule has 176 valence electrons. The highest BCUT2D eigenvalue weighted by molar-refractivity contribution is 5.92. The molecule has 2 aromatic heterocycles. The Morgan fingerprint density at radius 1 is 1.27 bits per heavy atom. The number of likely N-dealkylation sites (tertiary alicyclic amines) is 1. The maximum absolute atomic E-state index is 12.4. The molecule has 3 heterocycles. The lowest BCUT2D eigenvalue weighted by atomic mass is 9.99. The Balaban J connectivity index is 1.70. The molecule has 1 aliphatic rings. The van der Waals surface area contributed by atoms with Crippen LogP contribution in [0.2, 0.25) is 0 Å². The van der Waals surface area contributed by atoms with Crippen LogP contribution in [-0.2, 0) is 20.0 Å². The number of hydrogen-bond donors (Lipinski definition) is 3. The van der Waals surface area contributed by atoms with E-state index in [1.165, 1.54) is 18.5 Å². The predicted molar refractivity (Wildman–Crippen MR) is 129 cm³/mol. The summed E-state index contributed by atoms with van der Waals surface area (Å²) < 4.78 is 2.20. The first-order valence-corrected chi connectivity index (χ1v) is 11.4. The number of nitrogens with one attached hydrogen (secondary N) is 1. The molecule has 0 radical (unpaired) electrons. The van der Waals surface area contributed by atoms with Crippen LogP contribution in [0.25, 0.3) is 22.2 Å². The molecule has 1 unspecified atom stereocenters. The molecule has 1 atom stereocenters. The van der Waals surface area contributed by atoms with Crippen molar-refractivity contribution < 1.29 is 15.0 Å². The summed E-state index contributed by atoms with van der Waals surface area (Å²) >= 11 is 0. The van der Waals surface area contributed by atoms with Gasteiger partial charge in [-0.05, 0) is 63.7 Å². The van der Waals surface area contributed by atoms with Crippen molar-refractivity contribution in [1.82, 2.24) is 19.4 Å². The van der Waals surface area contributed by atoms with Crippen LogP contribution in [0.4, 0.5) is 0 Å². The summed E-state index contributed by atoms with van der Waals surface area (Å²) in [5.74, 6) is -1.90. The number of aryl methyl sites for hydroxylation is 1. The lowest BCUT2D eigenvalue weighted by molar-refractivity contribution is 0.0691. The van der Waals surface area contributed by atoms with Gasteiger partial charge in [0.1, 0.15) is 5.75 Å². The molecule has 1 aromatic carbocycles. The lowest BCUT2D eigenvalue weighted by Crippen LogP contribution is -2.44. The number of carboxylic acids is 1. The standard InChI is InChI=1S/C25H32N4O4/c1-5-19-22(26-24(31)21(23(19)30)25(32)33)15-8-9-20-16(11-15)12-18(28(20)4)14-29-10-6-7-17(13-29)27(2)3/h8-9,11-12,17H,5-7,10,13-14H2,1-4H3,(H,32,33)(H2,26,30,31). The number of benzene rings is 1. The Bertz CT molecular complexity index is 1260. The van der Waals surface area contributed by atoms with E-state index in [0.717, 1.165) is 36.1 Å². The van der Waals surface area contributed by atoms with Crippen molar-refractivity contribution in [3.8, 4) is 17.0 Å². The third kappa shape index (κ3) is 4.28. The fourth-order valence-electron chi connectivity index (χ4n) is 4.96. The fourth-order valence-corrected chi connectivity index (χ4v) is 4.96. The number of aromatic amines is 1. The number of nitrogens with zero attached hydrogens (tertiary/aromatic N) is 3. The van der Waals surface area contributed by atoms with Crippen LogP contribution in [-0.4, -0.2) is 68.8 Å². The molecule has 3 aromatic rings. The summed E-state index contributed by atoms with van der Waals surface area (Å²) in [5, 5.41) is 20.8. The number of pyridine rings is 1. The van der Waals surface area contributed by atoms with E-state index >= 15 is 0 Å². The largest absolute Gasteiger partial charge is 0.506 e. The Labute approximate surface area is 193 Å². The second kappa shape index (κ2) is 9.03. The number of rotatable bonds is 6. The van der Waals surface area contributed by atoms with Gasteiger partial charge in [0.25, 0.3) is 5.56 Å². The summed E-state index contributed by atoms with van der Waals surface area (Å²) in [6.45, 7) is 4.83. The molecular formula is C25H32N4O4. The zero-order chi connectivity index (χ0) is 23.9. The second-order valence-corrected chi connectivity index (χ2v) is 9.15. The number of H-pyrrole nitrogens is 1. The van der Waals surface area contributed by atoms with Crippen LogP contribution in [0.5, 0.6) is 5.75 Å². The van der Waals surface area contributed by atoms with E-state index in [1.807, 2.05) is 25.1 Å². The molecule has 0 spiro atoms. The highest BCUT2D eigenvalue weighted by atomic mass is 16.4. The van der Waals surface area contributed by atoms with E-state index in [1.54, 1.807) is 0 Å². The molecular weight excluding hydrogens is 420 g/mol. The quantitative estimate of drug-likeness (QED) is 0.531. The first kappa shape index (κ1) is 23.1. The molecule has 1 fully saturated rings. The van der Waals surface area contributed by atoms with Gasteiger partial charge in [0.15, 0.2) is 5.56 Å². The van der Waals surface area contributed by atoms with E-state index < -0.39 is 22.8 Å². The Morgan fingerprint density at radius 3 is 2.70 bits per heavy atom. The summed E-state index contributed by atoms with van der Waals surface area (Å²) in [6.07, 6.45) is 2.81. The van der Waals surface area contributed by atoms with Crippen LogP contribution in [0.3, 0.4) is 0 Å². The monoisotopic (exact) mass is 452 g/mol. The van der Waals surface area contributed by atoms with Crippen molar-refractivity contribution >= 4 is 16.9 Å². The van der Waals surface area contributed by atoms with Crippen molar-refractivity contribution in [3.63, 3.8) is 0 Å². The molecule has 1 aliphatic heterocycles. The number of fused-ring (bicyclic) bond motifs is 1. The Hall–Kier alpha value is -3.10. The third-order valence-corrected chi connectivity index (χ3v) is 6.88. The van der Waals surface area contributed by atoms with Crippen LogP contribution >= 0.6 is 0 Å². The summed E-state index contributed by atoms with van der Waals surface area (Å²) in [7, 11) is 6.35. The minimum absolute atomic E-state index is 0.387. The van der Waals surface area contributed by atoms with Gasteiger partial charge in [-0.3, -0.25) is 9.69 Å². The van der Waals surface area contributed by atoms with Crippen molar-refractivity contribution in [2.75, 3.05) is 27.2 Å². The number of aromatic hydroxyl groups is 1. The number of aromatic carboxylic acids is 1. The summed E-state index contributed by atoms with van der Waals surface area (Å²) in [4.78, 5) is 31.2. The molecule has 3 N–H and O–H groups in total. The van der Waals surface area contributed by atoms with Gasteiger partial charge in [0, 0.05) is 48.3 Å². The van der Waals surface area contributed by atoms with Crippen LogP contribution < -0.4 is 5.56 Å². The van der Waals surface area contributed by atoms with Gasteiger partial charge in [0.05, 0.1) is 5.69 Å². The van der Waals surface area contributed by atoms with Crippen molar-refractivity contribution in [2.45, 2.75) is 38.8 Å². The molecule has 1 saturated heterocycles. The number of likely N-dealkylation sites (N-methyl/N-ethyl adjacent to an activating group) is 1. The molecule has 0 aliphatic carbocycles. The zero-order valence-electron chi connectivity index (χ0n) is 19.7. The van der Waals surface area contributed by atoms with Crippen molar-refractivity contribution in [3.05, 3.63) is 51.4 Å². The number of aromatic nitrogens is 2. The third-order valence-electron chi connectivity index (χ3n) is 6.88. The molecule has 8 heteroatoms. The number of carbonyl (C=O) groups is 1. The minimum atomic E-state index is -1.44. The molecule has 4 rings (SSSR count). The minimum Gasteiger partial charge on any atom is -0.506 e. The molecule has 8 nitrogen and oxygen atoms in total. The summed E-state index contributed by atoms with van der Waals surface area (Å²) in [6, 6.07) is 8.65. The van der Waals surface area contributed by atoms with Gasteiger partial charge in [-0.1, -0.05) is 13.0 Å². The topological polar surface area (TPSA) is 102 Å². The van der Waals surface area contributed by atoms with E-state index in [-0.39, 0.29) is 0 Å². The zero-order valence-corrected chi connectivity index (χ0v) is 19.7. The van der Waals surface area contributed by atoms with Crippen molar-refractivity contribution in [2.24, 2.45) is 7.05 Å². The lowest BCUT2D eigenvalue weighted by Gasteiger charge is -2.36. The van der Waals surface area contributed by atoms with Crippen LogP contribution in [0.15, 0.2) is 29.1 Å². The summed E-state index contributed by atoms with van der Waals surface area (Å²) in [5.41, 5.74) is 2.51. The molecule has 0 amide bonds. The second-order valence-electron chi connectivity index (χ2n) is 9.15. The molecule has 0 saturated carbocycles. The number of hydrogen-bond acceptors (Lipinski definition) is 5. The fraction of sp³-hybridized carbons (Fsp3) is 0.440. The first-order chi connectivity index (χ1) is 15.7. The average Bonchev–Trinajstić information content (AvgIpc) is 3.07. The first-order valence-electron chi connectivity index (χ1n) is 11.4. The van der Waals surface area contributed by atoms with E-state index in [2.05, 4.69) is 46.6 Å².